The number of nitrogens with zero attached hydrogens (tertiary/aromatic N) is 2. The lowest BCUT2D eigenvalue weighted by Crippen LogP contribution is -2.55. The third kappa shape index (κ3) is 4.47. The third-order valence-corrected chi connectivity index (χ3v) is 6.19. The van der Waals surface area contributed by atoms with E-state index in [1.807, 2.05) is 25.1 Å². The van der Waals surface area contributed by atoms with E-state index >= 15 is 0 Å². The van der Waals surface area contributed by atoms with Gasteiger partial charge in [-0.15, -0.1) is 0 Å². The monoisotopic (exact) mass is 399 g/mol. The van der Waals surface area contributed by atoms with E-state index in [9.17, 15) is 14.9 Å². The fourth-order valence-electron chi connectivity index (χ4n) is 4.72. The van der Waals surface area contributed by atoms with Crippen LogP contribution < -0.4 is 5.32 Å². The van der Waals surface area contributed by atoms with Crippen LogP contribution in [0.2, 0.25) is 0 Å². The molecule has 0 bridgehead atoms. The molecule has 1 aromatic carbocycles. The number of carbonyl (C=O) groups is 2. The van der Waals surface area contributed by atoms with E-state index < -0.39 is 12.1 Å². The minimum absolute atomic E-state index is 0.234. The highest BCUT2D eigenvalue weighted by molar-refractivity contribution is 5.81. The Labute approximate surface area is 172 Å². The summed E-state index contributed by atoms with van der Waals surface area (Å²) in [7, 11) is 1.34. The standard InChI is InChI=1S/C22H29N3O4/c1-4-29-21(26)20-11-16-10-17(9-8-15(16)13-25(20)22(27)28-3)24-19-7-5-6-14(2)18(19)12-23/h5-7,15-17,20,24H,4,8-11,13H2,1-3H3/t15-,16+,17-,20-/m0/s1. The van der Waals surface area contributed by atoms with E-state index in [0.717, 1.165) is 30.5 Å². The normalized spacial score (nSPS) is 26.1. The Morgan fingerprint density at radius 1 is 1.28 bits per heavy atom. The largest absolute Gasteiger partial charge is 0.464 e. The molecule has 1 amide bonds. The number of fused-ring (bicyclic) bond motifs is 1. The highest BCUT2D eigenvalue weighted by Gasteiger charge is 2.44. The fraction of sp³-hybridized carbons (Fsp3) is 0.591. The first-order chi connectivity index (χ1) is 14.0. The van der Waals surface area contributed by atoms with Gasteiger partial charge in [-0.05, 0) is 63.0 Å². The van der Waals surface area contributed by atoms with Crippen molar-refractivity contribution in [3.63, 3.8) is 0 Å². The molecule has 156 valence electrons. The number of piperidine rings is 1. The molecule has 7 heteroatoms. The minimum Gasteiger partial charge on any atom is -0.464 e. The summed E-state index contributed by atoms with van der Waals surface area (Å²) in [5, 5.41) is 13.0. The average Bonchev–Trinajstić information content (AvgIpc) is 2.72. The molecule has 0 unspecified atom stereocenters. The molecule has 0 radical (unpaired) electrons. The number of methoxy groups -OCH3 is 1. The minimum atomic E-state index is -0.601. The van der Waals surface area contributed by atoms with Gasteiger partial charge in [0.25, 0.3) is 0 Å². The van der Waals surface area contributed by atoms with Gasteiger partial charge < -0.3 is 14.8 Å². The highest BCUT2D eigenvalue weighted by atomic mass is 16.6. The highest BCUT2D eigenvalue weighted by Crippen LogP contribution is 2.40. The van der Waals surface area contributed by atoms with Gasteiger partial charge in [0, 0.05) is 12.6 Å². The van der Waals surface area contributed by atoms with Crippen molar-refractivity contribution in [2.75, 3.05) is 25.6 Å². The van der Waals surface area contributed by atoms with Crippen LogP contribution in [0.4, 0.5) is 10.5 Å². The van der Waals surface area contributed by atoms with E-state index in [0.29, 0.717) is 30.4 Å². The molecule has 1 N–H and O–H groups in total. The van der Waals surface area contributed by atoms with Crippen LogP contribution >= 0.6 is 0 Å². The van der Waals surface area contributed by atoms with Crippen LogP contribution in [0.5, 0.6) is 0 Å². The smallest absolute Gasteiger partial charge is 0.410 e. The van der Waals surface area contributed by atoms with Crippen molar-refractivity contribution in [2.24, 2.45) is 11.8 Å². The number of hydrogen-bond acceptors (Lipinski definition) is 6. The van der Waals surface area contributed by atoms with E-state index in [-0.39, 0.29) is 18.6 Å². The topological polar surface area (TPSA) is 91.7 Å². The number of ether oxygens (including phenoxy) is 2. The second-order valence-electron chi connectivity index (χ2n) is 7.91. The van der Waals surface area contributed by atoms with Crippen molar-refractivity contribution >= 4 is 17.7 Å². The Balaban J connectivity index is 1.73. The van der Waals surface area contributed by atoms with E-state index in [2.05, 4.69) is 11.4 Å². The van der Waals surface area contributed by atoms with Crippen molar-refractivity contribution in [1.82, 2.24) is 4.90 Å². The summed E-state index contributed by atoms with van der Waals surface area (Å²) in [5.41, 5.74) is 2.50. The molecule has 2 fully saturated rings. The number of hydrogen-bond donors (Lipinski definition) is 1. The van der Waals surface area contributed by atoms with Crippen LogP contribution in [-0.2, 0) is 14.3 Å². The summed E-state index contributed by atoms with van der Waals surface area (Å²) in [5.74, 6) is 0.287. The molecule has 1 saturated carbocycles. The molecule has 4 atom stereocenters. The summed E-state index contributed by atoms with van der Waals surface area (Å²) >= 11 is 0. The van der Waals surface area contributed by atoms with Gasteiger partial charge in [0.1, 0.15) is 12.1 Å². The molecular formula is C22H29N3O4. The first-order valence-corrected chi connectivity index (χ1v) is 10.3. The van der Waals surface area contributed by atoms with Gasteiger partial charge in [-0.3, -0.25) is 4.90 Å². The number of amides is 1. The Morgan fingerprint density at radius 2 is 2.07 bits per heavy atom. The molecule has 1 heterocycles. The number of anilines is 1. The lowest BCUT2D eigenvalue weighted by atomic mass is 9.71. The van der Waals surface area contributed by atoms with Crippen LogP contribution in [0.1, 0.15) is 43.7 Å². The molecular weight excluding hydrogens is 370 g/mol. The second-order valence-corrected chi connectivity index (χ2v) is 7.91. The zero-order valence-electron chi connectivity index (χ0n) is 17.3. The van der Waals surface area contributed by atoms with Crippen molar-refractivity contribution < 1.29 is 19.1 Å². The number of nitrogens with one attached hydrogen (secondary N) is 1. The first kappa shape index (κ1) is 21.0. The molecule has 3 rings (SSSR count). The molecule has 29 heavy (non-hydrogen) atoms. The van der Waals surface area contributed by atoms with E-state index in [1.165, 1.54) is 12.0 Å². The lowest BCUT2D eigenvalue weighted by molar-refractivity contribution is -0.152. The zero-order chi connectivity index (χ0) is 21.0. The average molecular weight is 399 g/mol. The second kappa shape index (κ2) is 9.17. The lowest BCUT2D eigenvalue weighted by Gasteiger charge is -2.46. The van der Waals surface area contributed by atoms with Gasteiger partial charge in [0.2, 0.25) is 0 Å². The summed E-state index contributed by atoms with van der Waals surface area (Å²) in [4.78, 5) is 26.2. The third-order valence-electron chi connectivity index (χ3n) is 6.19. The predicted molar refractivity (Wildman–Crippen MR) is 108 cm³/mol. The number of benzene rings is 1. The van der Waals surface area contributed by atoms with Gasteiger partial charge in [-0.25, -0.2) is 9.59 Å². The first-order valence-electron chi connectivity index (χ1n) is 10.3. The summed E-state index contributed by atoms with van der Waals surface area (Å²) in [6.45, 7) is 4.50. The summed E-state index contributed by atoms with van der Waals surface area (Å²) in [6.07, 6.45) is 2.92. The van der Waals surface area contributed by atoms with E-state index in [1.54, 1.807) is 6.92 Å². The van der Waals surface area contributed by atoms with Crippen LogP contribution in [-0.4, -0.2) is 49.3 Å². The van der Waals surface area contributed by atoms with Gasteiger partial charge in [-0.2, -0.15) is 5.26 Å². The Hall–Kier alpha value is -2.75. The molecule has 1 aromatic rings. The molecule has 1 aliphatic carbocycles. The fourth-order valence-corrected chi connectivity index (χ4v) is 4.72. The number of esters is 1. The Bertz CT molecular complexity index is 804. The number of rotatable bonds is 4. The molecule has 1 aliphatic heterocycles. The predicted octanol–water partition coefficient (Wildman–Crippen LogP) is 3.47. The van der Waals surface area contributed by atoms with Crippen LogP contribution in [0, 0.1) is 30.1 Å². The number of carbonyl (C=O) groups excluding carboxylic acids is 2. The van der Waals surface area contributed by atoms with Crippen LogP contribution in [0.25, 0.3) is 0 Å². The number of nitriles is 1. The van der Waals surface area contributed by atoms with Gasteiger partial charge in [-0.1, -0.05) is 12.1 Å². The molecule has 2 aliphatic rings. The van der Waals surface area contributed by atoms with Crippen LogP contribution in [0.3, 0.4) is 0 Å². The summed E-state index contributed by atoms with van der Waals surface area (Å²) < 4.78 is 10.1. The Kier molecular flexibility index (Phi) is 6.63. The zero-order valence-corrected chi connectivity index (χ0v) is 17.3. The van der Waals surface area contributed by atoms with Crippen molar-refractivity contribution in [2.45, 2.75) is 51.6 Å². The van der Waals surface area contributed by atoms with Crippen molar-refractivity contribution in [3.8, 4) is 6.07 Å². The number of aryl methyl sites for hydroxylation is 1. The maximum atomic E-state index is 12.5. The number of likely N-dealkylation sites (tertiary alicyclic amines) is 1. The quantitative estimate of drug-likeness (QED) is 0.780. The van der Waals surface area contributed by atoms with E-state index in [4.69, 9.17) is 9.47 Å². The molecule has 1 saturated heterocycles. The van der Waals surface area contributed by atoms with Crippen LogP contribution in [0.15, 0.2) is 18.2 Å². The van der Waals surface area contributed by atoms with Crippen molar-refractivity contribution in [3.05, 3.63) is 29.3 Å². The summed E-state index contributed by atoms with van der Waals surface area (Å²) in [6, 6.07) is 7.76. The van der Waals surface area contributed by atoms with Gasteiger partial charge in [0.15, 0.2) is 0 Å². The van der Waals surface area contributed by atoms with Gasteiger partial charge >= 0.3 is 12.1 Å². The molecule has 7 nitrogen and oxygen atoms in total. The maximum absolute atomic E-state index is 12.5. The van der Waals surface area contributed by atoms with Gasteiger partial charge in [0.05, 0.1) is 25.0 Å². The molecule has 0 aromatic heterocycles. The van der Waals surface area contributed by atoms with Crippen molar-refractivity contribution in [1.29, 1.82) is 5.26 Å². The SMILES string of the molecule is CCOC(=O)[C@@H]1C[C@H]2C[C@@H](Nc3cccc(C)c3C#N)CC[C@H]2CN1C(=O)OC. The Morgan fingerprint density at radius 3 is 2.76 bits per heavy atom. The molecule has 0 spiro atoms. The maximum Gasteiger partial charge on any atom is 0.410 e.